The maximum Gasteiger partial charge on any atom is 0.149 e. The molecule has 0 aliphatic heterocycles. The third kappa shape index (κ3) is 3.40. The Morgan fingerprint density at radius 1 is 1.53 bits per heavy atom. The molecule has 0 aliphatic carbocycles. The minimum Gasteiger partial charge on any atom is -0.396 e. The average Bonchev–Trinajstić information content (AvgIpc) is 2.15. The van der Waals surface area contributed by atoms with Crippen LogP contribution in [0.25, 0.3) is 0 Å². The highest BCUT2D eigenvalue weighted by molar-refractivity contribution is 5.61. The van der Waals surface area contributed by atoms with E-state index in [1.54, 1.807) is 6.20 Å². The number of nitrogens with two attached hydrogens (primary N) is 1. The van der Waals surface area contributed by atoms with E-state index < -0.39 is 0 Å². The fraction of sp³-hybridized carbons (Fsp3) is 0.545. The van der Waals surface area contributed by atoms with Gasteiger partial charge in [-0.25, -0.2) is 4.98 Å². The standard InChI is InChI=1S/C11H19N3O/c1-7(2)10(15)6-14-11-9(12)4-8(3)5-13-11/h4-5,7,10,15H,6,12H2,1-3H3,(H,13,14). The van der Waals surface area contributed by atoms with Gasteiger partial charge in [0.05, 0.1) is 11.8 Å². The van der Waals surface area contributed by atoms with E-state index in [2.05, 4.69) is 10.3 Å². The predicted octanol–water partition coefficient (Wildman–Crippen LogP) is 1.40. The van der Waals surface area contributed by atoms with Crippen molar-refractivity contribution in [2.24, 2.45) is 5.92 Å². The zero-order valence-electron chi connectivity index (χ0n) is 9.49. The van der Waals surface area contributed by atoms with Crippen molar-refractivity contribution >= 4 is 11.5 Å². The number of aliphatic hydroxyl groups excluding tert-OH is 1. The van der Waals surface area contributed by atoms with Crippen LogP contribution in [-0.2, 0) is 0 Å². The van der Waals surface area contributed by atoms with E-state index in [0.29, 0.717) is 18.1 Å². The van der Waals surface area contributed by atoms with E-state index in [1.807, 2.05) is 26.8 Å². The molecule has 1 heterocycles. The lowest BCUT2D eigenvalue weighted by Gasteiger charge is -2.16. The van der Waals surface area contributed by atoms with Crippen molar-refractivity contribution in [2.75, 3.05) is 17.6 Å². The molecule has 4 N–H and O–H groups in total. The van der Waals surface area contributed by atoms with E-state index in [0.717, 1.165) is 5.56 Å². The summed E-state index contributed by atoms with van der Waals surface area (Å²) in [5.74, 6) is 0.865. The molecule has 0 saturated heterocycles. The van der Waals surface area contributed by atoms with Gasteiger partial charge in [-0.05, 0) is 24.5 Å². The molecule has 0 aliphatic rings. The van der Waals surface area contributed by atoms with Crippen LogP contribution in [0.3, 0.4) is 0 Å². The van der Waals surface area contributed by atoms with Gasteiger partial charge in [-0.1, -0.05) is 13.8 Å². The van der Waals surface area contributed by atoms with Crippen molar-refractivity contribution in [3.63, 3.8) is 0 Å². The number of aliphatic hydroxyl groups is 1. The SMILES string of the molecule is Cc1cnc(NCC(O)C(C)C)c(N)c1. The Hall–Kier alpha value is -1.29. The fourth-order valence-electron chi connectivity index (χ4n) is 1.18. The van der Waals surface area contributed by atoms with Crippen LogP contribution in [0.5, 0.6) is 0 Å². The summed E-state index contributed by atoms with van der Waals surface area (Å²) in [4.78, 5) is 4.16. The van der Waals surface area contributed by atoms with Gasteiger partial charge in [-0.15, -0.1) is 0 Å². The molecule has 0 spiro atoms. The van der Waals surface area contributed by atoms with Crippen molar-refractivity contribution in [1.29, 1.82) is 0 Å². The molecule has 0 amide bonds. The van der Waals surface area contributed by atoms with E-state index in [9.17, 15) is 5.11 Å². The summed E-state index contributed by atoms with van der Waals surface area (Å²) in [6.07, 6.45) is 1.37. The summed E-state index contributed by atoms with van der Waals surface area (Å²) in [7, 11) is 0. The monoisotopic (exact) mass is 209 g/mol. The normalized spacial score (nSPS) is 12.9. The second-order valence-electron chi connectivity index (χ2n) is 4.14. The van der Waals surface area contributed by atoms with Gasteiger partial charge in [0, 0.05) is 12.7 Å². The Bertz CT molecular complexity index is 326. The van der Waals surface area contributed by atoms with E-state index in [-0.39, 0.29) is 12.0 Å². The number of anilines is 2. The number of aryl methyl sites for hydroxylation is 1. The molecule has 0 fully saturated rings. The molecule has 0 bridgehead atoms. The second-order valence-corrected chi connectivity index (χ2v) is 4.14. The van der Waals surface area contributed by atoms with E-state index >= 15 is 0 Å². The number of nitrogen functional groups attached to an aromatic ring is 1. The molecule has 1 aromatic heterocycles. The molecule has 84 valence electrons. The third-order valence-corrected chi connectivity index (χ3v) is 2.30. The largest absolute Gasteiger partial charge is 0.396 e. The molecule has 0 radical (unpaired) electrons. The highest BCUT2D eigenvalue weighted by atomic mass is 16.3. The molecular formula is C11H19N3O. The minimum absolute atomic E-state index is 0.226. The minimum atomic E-state index is -0.382. The van der Waals surface area contributed by atoms with Crippen LogP contribution in [0.1, 0.15) is 19.4 Å². The number of rotatable bonds is 4. The Kier molecular flexibility index (Phi) is 3.91. The van der Waals surface area contributed by atoms with Crippen LogP contribution in [0.15, 0.2) is 12.3 Å². The van der Waals surface area contributed by atoms with Gasteiger partial charge in [0.1, 0.15) is 5.82 Å². The Morgan fingerprint density at radius 3 is 2.73 bits per heavy atom. The average molecular weight is 209 g/mol. The summed E-state index contributed by atoms with van der Waals surface area (Å²) < 4.78 is 0. The molecule has 4 nitrogen and oxygen atoms in total. The molecule has 1 rings (SSSR count). The Morgan fingerprint density at radius 2 is 2.20 bits per heavy atom. The summed E-state index contributed by atoms with van der Waals surface area (Å²) in [5, 5.41) is 12.6. The van der Waals surface area contributed by atoms with Gasteiger partial charge in [-0.3, -0.25) is 0 Å². The summed E-state index contributed by atoms with van der Waals surface area (Å²) >= 11 is 0. The van der Waals surface area contributed by atoms with Crippen LogP contribution in [0.4, 0.5) is 11.5 Å². The number of nitrogens with zero attached hydrogens (tertiary/aromatic N) is 1. The Labute approximate surface area is 90.5 Å². The lowest BCUT2D eigenvalue weighted by atomic mass is 10.1. The topological polar surface area (TPSA) is 71.2 Å². The first-order valence-electron chi connectivity index (χ1n) is 5.14. The summed E-state index contributed by atoms with van der Waals surface area (Å²) in [6.45, 7) is 6.35. The van der Waals surface area contributed by atoms with E-state index in [1.165, 1.54) is 0 Å². The van der Waals surface area contributed by atoms with Gasteiger partial charge in [0.25, 0.3) is 0 Å². The highest BCUT2D eigenvalue weighted by Gasteiger charge is 2.09. The van der Waals surface area contributed by atoms with Gasteiger partial charge in [0.2, 0.25) is 0 Å². The molecule has 4 heteroatoms. The van der Waals surface area contributed by atoms with Crippen LogP contribution in [0, 0.1) is 12.8 Å². The maximum atomic E-state index is 9.60. The van der Waals surface area contributed by atoms with Crippen LogP contribution < -0.4 is 11.1 Å². The summed E-state index contributed by atoms with van der Waals surface area (Å²) in [5.41, 5.74) is 7.42. The summed E-state index contributed by atoms with van der Waals surface area (Å²) in [6, 6.07) is 1.86. The number of hydrogen-bond acceptors (Lipinski definition) is 4. The van der Waals surface area contributed by atoms with Gasteiger partial charge >= 0.3 is 0 Å². The molecule has 0 saturated carbocycles. The first-order valence-corrected chi connectivity index (χ1v) is 5.14. The van der Waals surface area contributed by atoms with Gasteiger partial charge in [-0.2, -0.15) is 0 Å². The number of aromatic nitrogens is 1. The van der Waals surface area contributed by atoms with Crippen molar-refractivity contribution in [3.05, 3.63) is 17.8 Å². The Balaban J connectivity index is 2.58. The third-order valence-electron chi connectivity index (χ3n) is 2.30. The number of pyridine rings is 1. The molecule has 1 atom stereocenters. The number of nitrogens with one attached hydrogen (secondary N) is 1. The van der Waals surface area contributed by atoms with E-state index in [4.69, 9.17) is 5.73 Å². The van der Waals surface area contributed by atoms with Crippen molar-refractivity contribution in [3.8, 4) is 0 Å². The van der Waals surface area contributed by atoms with Crippen LogP contribution in [0.2, 0.25) is 0 Å². The molecule has 15 heavy (non-hydrogen) atoms. The van der Waals surface area contributed by atoms with Crippen molar-refractivity contribution in [2.45, 2.75) is 26.9 Å². The van der Waals surface area contributed by atoms with Gasteiger partial charge < -0.3 is 16.2 Å². The van der Waals surface area contributed by atoms with Crippen molar-refractivity contribution in [1.82, 2.24) is 4.98 Å². The first-order chi connectivity index (χ1) is 7.00. The molecular weight excluding hydrogens is 190 g/mol. The molecule has 0 aromatic carbocycles. The zero-order valence-corrected chi connectivity index (χ0v) is 9.49. The van der Waals surface area contributed by atoms with Gasteiger partial charge in [0.15, 0.2) is 0 Å². The first kappa shape index (κ1) is 11.8. The lowest BCUT2D eigenvalue weighted by molar-refractivity contribution is 0.138. The molecule has 1 unspecified atom stereocenters. The van der Waals surface area contributed by atoms with Crippen LogP contribution in [-0.4, -0.2) is 22.7 Å². The fourth-order valence-corrected chi connectivity index (χ4v) is 1.18. The predicted molar refractivity (Wildman–Crippen MR) is 62.7 cm³/mol. The molecule has 1 aromatic rings. The quantitative estimate of drug-likeness (QED) is 0.701. The second kappa shape index (κ2) is 4.98. The highest BCUT2D eigenvalue weighted by Crippen LogP contribution is 2.16. The zero-order chi connectivity index (χ0) is 11.4. The lowest BCUT2D eigenvalue weighted by Crippen LogP contribution is -2.25. The maximum absolute atomic E-state index is 9.60. The van der Waals surface area contributed by atoms with Crippen LogP contribution >= 0.6 is 0 Å². The van der Waals surface area contributed by atoms with Crippen molar-refractivity contribution < 1.29 is 5.11 Å². The number of hydrogen-bond donors (Lipinski definition) is 3. The smallest absolute Gasteiger partial charge is 0.149 e.